The molecule has 95 valence electrons. The maximum absolute atomic E-state index is 9.85. The SMILES string of the molecule is COc1cccc(C=Nc2ccccc2)c1O.[Co]. The van der Waals surface area contributed by atoms with Gasteiger partial charge in [-0.1, -0.05) is 24.3 Å². The molecule has 0 aliphatic heterocycles. The van der Waals surface area contributed by atoms with E-state index in [0.29, 0.717) is 11.3 Å². The van der Waals surface area contributed by atoms with Crippen molar-refractivity contribution < 1.29 is 26.6 Å². The molecule has 0 fully saturated rings. The van der Waals surface area contributed by atoms with E-state index >= 15 is 0 Å². The molecule has 2 aromatic carbocycles. The number of methoxy groups -OCH3 is 1. The first kappa shape index (κ1) is 14.3. The zero-order valence-corrected chi connectivity index (χ0v) is 10.9. The molecule has 2 aromatic rings. The summed E-state index contributed by atoms with van der Waals surface area (Å²) in [6.45, 7) is 0. The van der Waals surface area contributed by atoms with Crippen LogP contribution in [0.3, 0.4) is 0 Å². The summed E-state index contributed by atoms with van der Waals surface area (Å²) in [6.07, 6.45) is 1.62. The van der Waals surface area contributed by atoms with Gasteiger partial charge in [0.2, 0.25) is 0 Å². The average molecular weight is 286 g/mol. The number of para-hydroxylation sites is 2. The molecule has 0 aliphatic rings. The molecule has 1 radical (unpaired) electrons. The monoisotopic (exact) mass is 286 g/mol. The molecule has 0 amide bonds. The molecule has 0 aliphatic carbocycles. The second-order valence-electron chi connectivity index (χ2n) is 3.49. The Morgan fingerprint density at radius 3 is 2.44 bits per heavy atom. The van der Waals surface area contributed by atoms with Gasteiger partial charge < -0.3 is 9.84 Å². The maximum atomic E-state index is 9.85. The molecule has 0 heterocycles. The molecule has 1 N–H and O–H groups in total. The zero-order chi connectivity index (χ0) is 12.1. The first-order chi connectivity index (χ1) is 8.31. The Morgan fingerprint density at radius 2 is 1.78 bits per heavy atom. The van der Waals surface area contributed by atoms with E-state index in [9.17, 15) is 5.11 Å². The van der Waals surface area contributed by atoms with Crippen molar-refractivity contribution in [2.45, 2.75) is 0 Å². The Bertz CT molecular complexity index is 527. The molecule has 0 unspecified atom stereocenters. The number of rotatable bonds is 3. The number of phenols is 1. The predicted octanol–water partition coefficient (Wildman–Crippen LogP) is 3.15. The van der Waals surface area contributed by atoms with Crippen LogP contribution in [0.1, 0.15) is 5.56 Å². The number of hydrogen-bond acceptors (Lipinski definition) is 3. The van der Waals surface area contributed by atoms with Gasteiger partial charge >= 0.3 is 0 Å². The van der Waals surface area contributed by atoms with Gasteiger partial charge in [-0.25, -0.2) is 0 Å². The number of phenolic OH excluding ortho intramolecular Hbond substituents is 1. The van der Waals surface area contributed by atoms with E-state index in [1.54, 1.807) is 18.3 Å². The first-order valence-corrected chi connectivity index (χ1v) is 5.26. The Labute approximate surface area is 116 Å². The molecule has 18 heavy (non-hydrogen) atoms. The summed E-state index contributed by atoms with van der Waals surface area (Å²) in [5.74, 6) is 0.552. The van der Waals surface area contributed by atoms with Gasteiger partial charge in [0.05, 0.1) is 12.8 Å². The minimum atomic E-state index is 0. The number of nitrogens with zero attached hydrogens (tertiary/aromatic N) is 1. The van der Waals surface area contributed by atoms with Crippen LogP contribution in [0.2, 0.25) is 0 Å². The molecule has 0 bridgehead atoms. The Morgan fingerprint density at radius 1 is 1.06 bits per heavy atom. The molecule has 2 rings (SSSR count). The van der Waals surface area contributed by atoms with E-state index in [-0.39, 0.29) is 22.5 Å². The van der Waals surface area contributed by atoms with Crippen molar-refractivity contribution >= 4 is 11.9 Å². The van der Waals surface area contributed by atoms with Crippen molar-refractivity contribution in [3.63, 3.8) is 0 Å². The van der Waals surface area contributed by atoms with Crippen LogP contribution in [0.15, 0.2) is 53.5 Å². The Hall–Kier alpha value is -1.78. The minimum Gasteiger partial charge on any atom is -0.504 e. The van der Waals surface area contributed by atoms with Crippen molar-refractivity contribution in [3.8, 4) is 11.5 Å². The summed E-state index contributed by atoms with van der Waals surface area (Å²) in [5.41, 5.74) is 1.47. The molecular formula is C14H13CoNO2. The second kappa shape index (κ2) is 6.83. The maximum Gasteiger partial charge on any atom is 0.166 e. The Balaban J connectivity index is 0.00000162. The number of aromatic hydroxyl groups is 1. The predicted molar refractivity (Wildman–Crippen MR) is 68.4 cm³/mol. The van der Waals surface area contributed by atoms with E-state index in [0.717, 1.165) is 5.69 Å². The standard InChI is InChI=1S/C14H13NO2.Co/c1-17-13-9-5-6-11(14(13)16)10-15-12-7-3-2-4-8-12;/h2-10,16H,1H3;. The van der Waals surface area contributed by atoms with Gasteiger partial charge in [0.15, 0.2) is 11.5 Å². The molecule has 0 spiro atoms. The molecule has 3 nitrogen and oxygen atoms in total. The topological polar surface area (TPSA) is 41.8 Å². The average Bonchev–Trinajstić information content (AvgIpc) is 2.39. The summed E-state index contributed by atoms with van der Waals surface area (Å²) in [4.78, 5) is 4.27. The summed E-state index contributed by atoms with van der Waals surface area (Å²) < 4.78 is 5.03. The first-order valence-electron chi connectivity index (χ1n) is 5.26. The van der Waals surface area contributed by atoms with Crippen LogP contribution in [-0.4, -0.2) is 18.4 Å². The third-order valence-corrected chi connectivity index (χ3v) is 2.36. The van der Waals surface area contributed by atoms with Gasteiger partial charge in [-0.3, -0.25) is 4.99 Å². The van der Waals surface area contributed by atoms with Gasteiger partial charge in [0, 0.05) is 28.6 Å². The third-order valence-electron chi connectivity index (χ3n) is 2.36. The van der Waals surface area contributed by atoms with E-state index in [4.69, 9.17) is 4.74 Å². The van der Waals surface area contributed by atoms with Crippen molar-refractivity contribution in [2.24, 2.45) is 4.99 Å². The van der Waals surface area contributed by atoms with Gasteiger partial charge in [-0.15, -0.1) is 0 Å². The fourth-order valence-electron chi connectivity index (χ4n) is 1.47. The molecule has 0 saturated carbocycles. The summed E-state index contributed by atoms with van der Waals surface area (Å²) in [6, 6.07) is 14.9. The van der Waals surface area contributed by atoms with Gasteiger partial charge in [-0.2, -0.15) is 0 Å². The van der Waals surface area contributed by atoms with Gasteiger partial charge in [-0.05, 0) is 24.3 Å². The largest absolute Gasteiger partial charge is 0.504 e. The molecule has 0 saturated heterocycles. The van der Waals surface area contributed by atoms with Crippen LogP contribution in [-0.2, 0) is 16.8 Å². The molecule has 4 heteroatoms. The Kier molecular flexibility index (Phi) is 5.42. The molecular weight excluding hydrogens is 273 g/mol. The number of ether oxygens (including phenoxy) is 1. The van der Waals surface area contributed by atoms with Crippen LogP contribution in [0.5, 0.6) is 11.5 Å². The van der Waals surface area contributed by atoms with Gasteiger partial charge in [0.1, 0.15) is 0 Å². The molecule has 0 aromatic heterocycles. The zero-order valence-electron chi connectivity index (χ0n) is 9.83. The summed E-state index contributed by atoms with van der Waals surface area (Å²) in [5, 5.41) is 9.85. The van der Waals surface area contributed by atoms with Crippen molar-refractivity contribution in [1.29, 1.82) is 0 Å². The fraction of sp³-hybridized carbons (Fsp3) is 0.0714. The van der Waals surface area contributed by atoms with Gasteiger partial charge in [0.25, 0.3) is 0 Å². The van der Waals surface area contributed by atoms with Crippen LogP contribution in [0.25, 0.3) is 0 Å². The normalized spacial score (nSPS) is 10.1. The quantitative estimate of drug-likeness (QED) is 0.881. The summed E-state index contributed by atoms with van der Waals surface area (Å²) in [7, 11) is 1.52. The van der Waals surface area contributed by atoms with E-state index in [1.807, 2.05) is 36.4 Å². The van der Waals surface area contributed by atoms with E-state index < -0.39 is 0 Å². The number of aliphatic imine (C=N–C) groups is 1. The van der Waals surface area contributed by atoms with E-state index in [1.165, 1.54) is 7.11 Å². The van der Waals surface area contributed by atoms with Crippen LogP contribution in [0, 0.1) is 0 Å². The number of benzene rings is 2. The summed E-state index contributed by atoms with van der Waals surface area (Å²) >= 11 is 0. The van der Waals surface area contributed by atoms with Crippen LogP contribution < -0.4 is 4.74 Å². The van der Waals surface area contributed by atoms with E-state index in [2.05, 4.69) is 4.99 Å². The van der Waals surface area contributed by atoms with Crippen molar-refractivity contribution in [2.75, 3.05) is 7.11 Å². The smallest absolute Gasteiger partial charge is 0.166 e. The van der Waals surface area contributed by atoms with Crippen molar-refractivity contribution in [3.05, 3.63) is 54.1 Å². The van der Waals surface area contributed by atoms with Crippen molar-refractivity contribution in [1.82, 2.24) is 0 Å². The second-order valence-corrected chi connectivity index (χ2v) is 3.49. The van der Waals surface area contributed by atoms with Crippen LogP contribution in [0.4, 0.5) is 5.69 Å². The minimum absolute atomic E-state index is 0. The fourth-order valence-corrected chi connectivity index (χ4v) is 1.47. The number of hydrogen-bond donors (Lipinski definition) is 1. The van der Waals surface area contributed by atoms with Crippen LogP contribution >= 0.6 is 0 Å². The third kappa shape index (κ3) is 3.35. The molecule has 0 atom stereocenters.